The summed E-state index contributed by atoms with van der Waals surface area (Å²) >= 11 is 0. The van der Waals surface area contributed by atoms with Crippen molar-refractivity contribution in [1.82, 2.24) is 9.97 Å². The fourth-order valence-electron chi connectivity index (χ4n) is 4.12. The minimum atomic E-state index is -0.111. The monoisotopic (exact) mass is 421 g/mol. The number of fused-ring (bicyclic) bond motifs is 2. The zero-order valence-electron chi connectivity index (χ0n) is 17.6. The molecule has 0 atom stereocenters. The third-order valence-corrected chi connectivity index (χ3v) is 5.72. The second kappa shape index (κ2) is 8.63. The first-order chi connectivity index (χ1) is 15.7. The van der Waals surface area contributed by atoms with Crippen molar-refractivity contribution in [2.45, 2.75) is 25.7 Å². The number of amides is 1. The molecule has 1 amide bonds. The van der Waals surface area contributed by atoms with Gasteiger partial charge in [-0.25, -0.2) is 9.97 Å². The van der Waals surface area contributed by atoms with Crippen molar-refractivity contribution in [3.05, 3.63) is 118 Å². The molecule has 2 aliphatic rings. The van der Waals surface area contributed by atoms with Crippen LogP contribution in [0.2, 0.25) is 0 Å². The number of anilines is 1. The Kier molecular flexibility index (Phi) is 5.38. The van der Waals surface area contributed by atoms with Crippen molar-refractivity contribution < 1.29 is 9.90 Å². The van der Waals surface area contributed by atoms with E-state index in [1.807, 2.05) is 66.7 Å². The number of allylic oxidation sites excluding steroid dienone is 5. The summed E-state index contributed by atoms with van der Waals surface area (Å²) < 4.78 is 0. The number of aromatic nitrogens is 2. The van der Waals surface area contributed by atoms with E-state index >= 15 is 0 Å². The second-order valence-corrected chi connectivity index (χ2v) is 8.05. The molecule has 0 unspecified atom stereocenters. The number of hydrogen-bond acceptors (Lipinski definition) is 4. The van der Waals surface area contributed by atoms with Crippen molar-refractivity contribution in [2.75, 3.05) is 5.32 Å². The third kappa shape index (κ3) is 4.23. The van der Waals surface area contributed by atoms with E-state index in [4.69, 9.17) is 9.97 Å². The molecule has 2 N–H and O–H groups in total. The molecule has 0 bridgehead atoms. The Bertz CT molecular complexity index is 1260. The number of rotatable bonds is 5. The van der Waals surface area contributed by atoms with Gasteiger partial charge < -0.3 is 10.4 Å². The topological polar surface area (TPSA) is 75.1 Å². The molecule has 5 nitrogen and oxygen atoms in total. The van der Waals surface area contributed by atoms with Crippen LogP contribution in [0.5, 0.6) is 0 Å². The van der Waals surface area contributed by atoms with Gasteiger partial charge in [0.2, 0.25) is 5.91 Å². The van der Waals surface area contributed by atoms with Crippen LogP contribution in [0.25, 0.3) is 5.57 Å². The van der Waals surface area contributed by atoms with Gasteiger partial charge in [-0.3, -0.25) is 4.79 Å². The Hall–Kier alpha value is -3.99. The number of benzene rings is 2. The predicted molar refractivity (Wildman–Crippen MR) is 125 cm³/mol. The Morgan fingerprint density at radius 1 is 0.938 bits per heavy atom. The average molecular weight is 422 g/mol. The quantitative estimate of drug-likeness (QED) is 0.611. The van der Waals surface area contributed by atoms with Gasteiger partial charge >= 0.3 is 0 Å². The zero-order valence-corrected chi connectivity index (χ0v) is 17.6. The SMILES string of the molecule is O=C(Cc1ccccc1)Nc1nc2c(nc1Cc1ccccc1)C1=C(CC=C(O)C=C1)C2. The van der Waals surface area contributed by atoms with Crippen molar-refractivity contribution in [3.63, 3.8) is 0 Å². The van der Waals surface area contributed by atoms with Gasteiger partial charge in [0.05, 0.1) is 23.5 Å². The van der Waals surface area contributed by atoms with E-state index in [9.17, 15) is 9.90 Å². The molecule has 5 heteroatoms. The number of aliphatic hydroxyl groups is 1. The van der Waals surface area contributed by atoms with Gasteiger partial charge in [0.25, 0.3) is 0 Å². The number of carbonyl (C=O) groups is 1. The Morgan fingerprint density at radius 3 is 2.41 bits per heavy atom. The molecule has 0 aliphatic heterocycles. The van der Waals surface area contributed by atoms with E-state index in [-0.39, 0.29) is 18.1 Å². The molecule has 1 aromatic heterocycles. The Balaban J connectivity index is 1.48. The van der Waals surface area contributed by atoms with Crippen LogP contribution in [0.3, 0.4) is 0 Å². The van der Waals surface area contributed by atoms with Crippen LogP contribution in [-0.4, -0.2) is 21.0 Å². The maximum atomic E-state index is 12.8. The zero-order chi connectivity index (χ0) is 21.9. The fraction of sp³-hybridized carbons (Fsp3) is 0.148. The molecular formula is C27H23N3O2. The van der Waals surface area contributed by atoms with Crippen molar-refractivity contribution in [3.8, 4) is 0 Å². The highest BCUT2D eigenvalue weighted by atomic mass is 16.3. The molecule has 1 heterocycles. The van der Waals surface area contributed by atoms with E-state index in [1.165, 1.54) is 5.57 Å². The number of nitrogens with one attached hydrogen (secondary N) is 1. The van der Waals surface area contributed by atoms with Crippen LogP contribution in [-0.2, 0) is 24.1 Å². The lowest BCUT2D eigenvalue weighted by molar-refractivity contribution is -0.115. The standard InChI is InChI=1S/C27H23N3O2/c31-21-12-11-20-17-23-26(22(20)14-13-21)28-24(15-18-7-3-1-4-8-18)27(29-23)30-25(32)16-19-9-5-2-6-10-19/h1-10,12-14,31H,11,15-17H2,(H,29,30,32). The molecule has 3 aromatic rings. The van der Waals surface area contributed by atoms with Gasteiger partial charge in [0.15, 0.2) is 5.82 Å². The minimum Gasteiger partial charge on any atom is -0.508 e. The van der Waals surface area contributed by atoms with Crippen molar-refractivity contribution in [1.29, 1.82) is 0 Å². The van der Waals surface area contributed by atoms with Crippen LogP contribution in [0.1, 0.15) is 34.6 Å². The summed E-state index contributed by atoms with van der Waals surface area (Å²) in [4.78, 5) is 22.6. The van der Waals surface area contributed by atoms with Crippen molar-refractivity contribution in [2.24, 2.45) is 0 Å². The van der Waals surface area contributed by atoms with Gasteiger partial charge in [0, 0.05) is 18.4 Å². The van der Waals surface area contributed by atoms with Crippen LogP contribution in [0.15, 0.2) is 90.2 Å². The lowest BCUT2D eigenvalue weighted by Crippen LogP contribution is -2.18. The van der Waals surface area contributed by atoms with Gasteiger partial charge in [-0.15, -0.1) is 0 Å². The fourth-order valence-corrected chi connectivity index (χ4v) is 4.12. The highest BCUT2D eigenvalue weighted by molar-refractivity contribution is 5.92. The first-order valence-electron chi connectivity index (χ1n) is 10.7. The molecule has 0 saturated carbocycles. The smallest absolute Gasteiger partial charge is 0.229 e. The highest BCUT2D eigenvalue weighted by Crippen LogP contribution is 2.36. The summed E-state index contributed by atoms with van der Waals surface area (Å²) in [7, 11) is 0. The van der Waals surface area contributed by atoms with E-state index in [2.05, 4.69) is 5.32 Å². The highest BCUT2D eigenvalue weighted by Gasteiger charge is 2.26. The molecule has 0 radical (unpaired) electrons. The van der Waals surface area contributed by atoms with Crippen LogP contribution in [0.4, 0.5) is 5.82 Å². The molecule has 0 spiro atoms. The lowest BCUT2D eigenvalue weighted by atomic mass is 10.1. The van der Waals surface area contributed by atoms with Gasteiger partial charge in [-0.05, 0) is 35.8 Å². The number of carbonyl (C=O) groups excluding carboxylic acids is 1. The largest absolute Gasteiger partial charge is 0.508 e. The summed E-state index contributed by atoms with van der Waals surface area (Å²) in [5, 5.41) is 12.9. The van der Waals surface area contributed by atoms with Gasteiger partial charge in [0.1, 0.15) is 5.76 Å². The molecule has 0 saturated heterocycles. The van der Waals surface area contributed by atoms with Crippen LogP contribution >= 0.6 is 0 Å². The molecule has 0 fully saturated rings. The minimum absolute atomic E-state index is 0.111. The second-order valence-electron chi connectivity index (χ2n) is 8.05. The van der Waals surface area contributed by atoms with E-state index in [0.29, 0.717) is 25.1 Å². The van der Waals surface area contributed by atoms with Gasteiger partial charge in [-0.2, -0.15) is 0 Å². The number of aliphatic hydroxyl groups excluding tert-OH is 1. The molecule has 2 aromatic carbocycles. The summed E-state index contributed by atoms with van der Waals surface area (Å²) in [6.45, 7) is 0. The van der Waals surface area contributed by atoms with E-state index in [1.54, 1.807) is 12.2 Å². The molecule has 2 aliphatic carbocycles. The van der Waals surface area contributed by atoms with Crippen LogP contribution < -0.4 is 5.32 Å². The molecule has 158 valence electrons. The number of hydrogen-bond donors (Lipinski definition) is 2. The predicted octanol–water partition coefficient (Wildman–Crippen LogP) is 4.96. The Morgan fingerprint density at radius 2 is 1.66 bits per heavy atom. The normalized spacial score (nSPS) is 14.4. The lowest BCUT2D eigenvalue weighted by Gasteiger charge is -2.13. The molecular weight excluding hydrogens is 398 g/mol. The summed E-state index contributed by atoms with van der Waals surface area (Å²) in [6, 6.07) is 19.7. The summed E-state index contributed by atoms with van der Waals surface area (Å²) in [5.74, 6) is 0.678. The maximum Gasteiger partial charge on any atom is 0.229 e. The third-order valence-electron chi connectivity index (χ3n) is 5.72. The summed E-state index contributed by atoms with van der Waals surface area (Å²) in [6.07, 6.45) is 7.59. The average Bonchev–Trinajstić information content (AvgIpc) is 3.02. The van der Waals surface area contributed by atoms with E-state index in [0.717, 1.165) is 33.8 Å². The number of nitrogens with zero attached hydrogens (tertiary/aromatic N) is 2. The van der Waals surface area contributed by atoms with Crippen LogP contribution in [0, 0.1) is 0 Å². The van der Waals surface area contributed by atoms with Gasteiger partial charge in [-0.1, -0.05) is 66.2 Å². The van der Waals surface area contributed by atoms with E-state index < -0.39 is 0 Å². The first-order valence-corrected chi connectivity index (χ1v) is 10.7. The summed E-state index contributed by atoms with van der Waals surface area (Å²) in [5.41, 5.74) is 6.69. The first kappa shape index (κ1) is 19.9. The van der Waals surface area contributed by atoms with Crippen molar-refractivity contribution >= 4 is 17.3 Å². The molecule has 5 rings (SSSR count). The Labute approximate surface area is 186 Å². The molecule has 32 heavy (non-hydrogen) atoms. The maximum absolute atomic E-state index is 12.8.